The van der Waals surface area contributed by atoms with Gasteiger partial charge < -0.3 is 4.74 Å². The van der Waals surface area contributed by atoms with Crippen molar-refractivity contribution in [1.82, 2.24) is 0 Å². The Kier molecular flexibility index (Phi) is 4.69. The Morgan fingerprint density at radius 3 is 2.53 bits per heavy atom. The predicted molar refractivity (Wildman–Crippen MR) is 83.5 cm³/mol. The Morgan fingerprint density at radius 1 is 1.24 bits per heavy atom. The molecule has 0 bridgehead atoms. The SMILES string of the molecule is COc1ccccc1C(Br)c1cc(Br)c(Br)s1. The first-order valence-corrected chi connectivity index (χ1v) is 8.17. The summed E-state index contributed by atoms with van der Waals surface area (Å²) in [6.07, 6.45) is 0. The van der Waals surface area contributed by atoms with Crippen LogP contribution in [0.15, 0.2) is 38.6 Å². The highest BCUT2D eigenvalue weighted by molar-refractivity contribution is 9.13. The molecule has 0 aliphatic heterocycles. The van der Waals surface area contributed by atoms with Crippen LogP contribution in [0.3, 0.4) is 0 Å². The van der Waals surface area contributed by atoms with Gasteiger partial charge in [-0.3, -0.25) is 0 Å². The monoisotopic (exact) mass is 438 g/mol. The number of benzene rings is 1. The fraction of sp³-hybridized carbons (Fsp3) is 0.167. The summed E-state index contributed by atoms with van der Waals surface area (Å²) in [5.41, 5.74) is 1.14. The smallest absolute Gasteiger partial charge is 0.123 e. The molecule has 90 valence electrons. The number of thiophene rings is 1. The van der Waals surface area contributed by atoms with Gasteiger partial charge in [-0.25, -0.2) is 0 Å². The standard InChI is InChI=1S/C12H9Br3OS/c1-16-9-5-3-2-4-7(9)11(14)10-6-8(13)12(15)17-10/h2-6,11H,1H3. The molecule has 1 heterocycles. The number of rotatable bonds is 3. The highest BCUT2D eigenvalue weighted by Crippen LogP contribution is 2.43. The van der Waals surface area contributed by atoms with Crippen LogP contribution in [-0.4, -0.2) is 7.11 Å². The maximum absolute atomic E-state index is 5.38. The highest BCUT2D eigenvalue weighted by atomic mass is 79.9. The van der Waals surface area contributed by atoms with Gasteiger partial charge in [-0.15, -0.1) is 11.3 Å². The molecule has 0 aliphatic rings. The average Bonchev–Trinajstić information content (AvgIpc) is 2.68. The first-order valence-electron chi connectivity index (χ1n) is 4.85. The topological polar surface area (TPSA) is 9.23 Å². The lowest BCUT2D eigenvalue weighted by Gasteiger charge is -2.12. The summed E-state index contributed by atoms with van der Waals surface area (Å²) >= 11 is 12.4. The van der Waals surface area contributed by atoms with E-state index in [1.165, 1.54) is 4.88 Å². The van der Waals surface area contributed by atoms with Gasteiger partial charge in [-0.1, -0.05) is 34.1 Å². The molecule has 2 aromatic rings. The minimum atomic E-state index is 0.145. The molecule has 0 aliphatic carbocycles. The van der Waals surface area contributed by atoms with Crippen molar-refractivity contribution < 1.29 is 4.74 Å². The quantitative estimate of drug-likeness (QED) is 0.551. The van der Waals surface area contributed by atoms with Gasteiger partial charge in [-0.2, -0.15) is 0 Å². The molecule has 1 aromatic heterocycles. The van der Waals surface area contributed by atoms with Gasteiger partial charge in [-0.05, 0) is 44.0 Å². The van der Waals surface area contributed by atoms with Gasteiger partial charge in [0.2, 0.25) is 0 Å². The Labute approximate surface area is 130 Å². The number of hydrogen-bond acceptors (Lipinski definition) is 2. The third kappa shape index (κ3) is 2.95. The summed E-state index contributed by atoms with van der Waals surface area (Å²) in [5, 5.41) is 0. The molecule has 0 N–H and O–H groups in total. The summed E-state index contributed by atoms with van der Waals surface area (Å²) in [5.74, 6) is 0.898. The minimum Gasteiger partial charge on any atom is -0.496 e. The average molecular weight is 441 g/mol. The van der Waals surface area contributed by atoms with Crippen molar-refractivity contribution in [2.75, 3.05) is 7.11 Å². The Bertz CT molecular complexity index is 505. The van der Waals surface area contributed by atoms with Gasteiger partial charge in [0.25, 0.3) is 0 Å². The van der Waals surface area contributed by atoms with Crippen molar-refractivity contribution in [3.8, 4) is 5.75 Å². The maximum Gasteiger partial charge on any atom is 0.123 e. The first-order chi connectivity index (χ1) is 8.13. The third-order valence-electron chi connectivity index (χ3n) is 2.33. The summed E-state index contributed by atoms with van der Waals surface area (Å²) in [6.45, 7) is 0. The van der Waals surface area contributed by atoms with Crippen molar-refractivity contribution >= 4 is 59.1 Å². The van der Waals surface area contributed by atoms with E-state index in [9.17, 15) is 0 Å². The van der Waals surface area contributed by atoms with Crippen LogP contribution in [0.4, 0.5) is 0 Å². The van der Waals surface area contributed by atoms with E-state index in [1.807, 2.05) is 18.2 Å². The second-order valence-corrected chi connectivity index (χ2v) is 7.55. The van der Waals surface area contributed by atoms with Crippen molar-refractivity contribution in [1.29, 1.82) is 0 Å². The predicted octanol–water partition coefficient (Wildman–Crippen LogP) is 5.77. The summed E-state index contributed by atoms with van der Waals surface area (Å²) in [4.78, 5) is 1.37. The van der Waals surface area contributed by atoms with E-state index < -0.39 is 0 Å². The lowest BCUT2D eigenvalue weighted by molar-refractivity contribution is 0.410. The molecule has 5 heteroatoms. The number of alkyl halides is 1. The molecule has 1 nitrogen and oxygen atoms in total. The lowest BCUT2D eigenvalue weighted by atomic mass is 10.1. The van der Waals surface area contributed by atoms with Crippen molar-refractivity contribution in [2.24, 2.45) is 0 Å². The molecule has 1 unspecified atom stereocenters. The maximum atomic E-state index is 5.38. The normalized spacial score (nSPS) is 12.5. The first kappa shape index (κ1) is 13.6. The van der Waals surface area contributed by atoms with Crippen LogP contribution < -0.4 is 4.74 Å². The number of para-hydroxylation sites is 1. The number of ether oxygens (including phenoxy) is 1. The highest BCUT2D eigenvalue weighted by Gasteiger charge is 2.18. The summed E-state index contributed by atoms with van der Waals surface area (Å²) in [6, 6.07) is 10.1. The molecular weight excluding hydrogens is 432 g/mol. The minimum absolute atomic E-state index is 0.145. The second-order valence-electron chi connectivity index (χ2n) is 3.37. The van der Waals surface area contributed by atoms with E-state index in [1.54, 1.807) is 18.4 Å². The molecule has 0 spiro atoms. The van der Waals surface area contributed by atoms with Crippen molar-refractivity contribution in [2.45, 2.75) is 4.83 Å². The van der Waals surface area contributed by atoms with E-state index >= 15 is 0 Å². The fourth-order valence-electron chi connectivity index (χ4n) is 1.52. The van der Waals surface area contributed by atoms with Crippen LogP contribution in [0, 0.1) is 0 Å². The molecule has 0 radical (unpaired) electrons. The molecule has 17 heavy (non-hydrogen) atoms. The van der Waals surface area contributed by atoms with Crippen LogP contribution >= 0.6 is 59.1 Å². The van der Waals surface area contributed by atoms with Crippen LogP contribution in [0.2, 0.25) is 0 Å². The van der Waals surface area contributed by atoms with E-state index in [0.717, 1.165) is 19.6 Å². The molecule has 0 saturated carbocycles. The molecule has 1 aromatic carbocycles. The van der Waals surface area contributed by atoms with E-state index in [0.29, 0.717) is 0 Å². The lowest BCUT2D eigenvalue weighted by Crippen LogP contribution is -1.94. The Morgan fingerprint density at radius 2 is 1.94 bits per heavy atom. The van der Waals surface area contributed by atoms with E-state index in [-0.39, 0.29) is 4.83 Å². The zero-order chi connectivity index (χ0) is 12.4. The van der Waals surface area contributed by atoms with Crippen molar-refractivity contribution in [3.05, 3.63) is 49.0 Å². The van der Waals surface area contributed by atoms with Gasteiger partial charge in [0.15, 0.2) is 0 Å². The van der Waals surface area contributed by atoms with Gasteiger partial charge >= 0.3 is 0 Å². The summed E-state index contributed by atoms with van der Waals surface area (Å²) in [7, 11) is 1.69. The third-order valence-corrected chi connectivity index (χ3v) is 6.94. The largest absolute Gasteiger partial charge is 0.496 e. The Hall–Kier alpha value is 0.160. The Balaban J connectivity index is 2.39. The fourth-order valence-corrected chi connectivity index (χ4v) is 4.39. The number of halogens is 3. The molecule has 2 rings (SSSR count). The molecule has 1 atom stereocenters. The van der Waals surface area contributed by atoms with Crippen LogP contribution in [0.25, 0.3) is 0 Å². The van der Waals surface area contributed by atoms with Gasteiger partial charge in [0, 0.05) is 14.9 Å². The van der Waals surface area contributed by atoms with Gasteiger partial charge in [0.1, 0.15) is 5.75 Å². The molecule has 0 saturated heterocycles. The van der Waals surface area contributed by atoms with E-state index in [4.69, 9.17) is 4.74 Å². The van der Waals surface area contributed by atoms with Crippen LogP contribution in [-0.2, 0) is 0 Å². The van der Waals surface area contributed by atoms with Crippen LogP contribution in [0.5, 0.6) is 5.75 Å². The molecular formula is C12H9Br3OS. The van der Waals surface area contributed by atoms with Crippen LogP contribution in [0.1, 0.15) is 15.3 Å². The summed E-state index contributed by atoms with van der Waals surface area (Å²) < 4.78 is 7.56. The zero-order valence-electron chi connectivity index (χ0n) is 8.91. The zero-order valence-corrected chi connectivity index (χ0v) is 14.5. The van der Waals surface area contributed by atoms with E-state index in [2.05, 4.69) is 59.9 Å². The van der Waals surface area contributed by atoms with Gasteiger partial charge in [0.05, 0.1) is 15.7 Å². The number of methoxy groups -OCH3 is 1. The number of hydrogen-bond donors (Lipinski definition) is 0. The van der Waals surface area contributed by atoms with Crippen molar-refractivity contribution in [3.63, 3.8) is 0 Å². The molecule has 0 amide bonds. The molecule has 0 fully saturated rings. The second kappa shape index (κ2) is 5.87.